The van der Waals surface area contributed by atoms with Gasteiger partial charge in [0.05, 0.1) is 12.5 Å². The molecule has 0 heterocycles. The maximum absolute atomic E-state index is 12.6. The van der Waals surface area contributed by atoms with E-state index >= 15 is 0 Å². The molecule has 0 radical (unpaired) electrons. The minimum absolute atomic E-state index is 0.0399. The molecule has 8 nitrogen and oxygen atoms in total. The number of rotatable bonds is 12. The van der Waals surface area contributed by atoms with Crippen molar-refractivity contribution in [1.29, 1.82) is 0 Å². The standard InChI is InChI=1S/C25H30N2O6S/c1-32-17(13-23(28)27(11-12-34-2)15-24(29)30)14-26-25(31)33-16-22-20-9-5-3-7-18(20)19-8-4-6-10-21(19)22/h3-10,17,22H,11-16H2,1-2H3,(H,26,31)(H,29,30). The van der Waals surface area contributed by atoms with Gasteiger partial charge in [0.1, 0.15) is 13.2 Å². The van der Waals surface area contributed by atoms with Gasteiger partial charge in [-0.3, -0.25) is 9.59 Å². The number of nitrogens with zero attached hydrogens (tertiary/aromatic N) is 1. The first kappa shape index (κ1) is 25.6. The minimum atomic E-state index is -1.07. The Balaban J connectivity index is 1.52. The average Bonchev–Trinajstić information content (AvgIpc) is 3.16. The molecule has 2 amide bonds. The highest BCUT2D eigenvalue weighted by Gasteiger charge is 2.29. The summed E-state index contributed by atoms with van der Waals surface area (Å²) in [6, 6.07) is 16.2. The van der Waals surface area contributed by atoms with Gasteiger partial charge in [-0.25, -0.2) is 4.79 Å². The zero-order valence-electron chi connectivity index (χ0n) is 19.4. The number of nitrogens with one attached hydrogen (secondary N) is 1. The fourth-order valence-electron chi connectivity index (χ4n) is 4.07. The largest absolute Gasteiger partial charge is 0.480 e. The number of alkyl carbamates (subject to hydrolysis) is 1. The Kier molecular flexibility index (Phi) is 9.35. The third-order valence-corrected chi connectivity index (χ3v) is 6.39. The second-order valence-corrected chi connectivity index (χ2v) is 8.96. The number of hydrogen-bond acceptors (Lipinski definition) is 6. The van der Waals surface area contributed by atoms with Crippen molar-refractivity contribution in [3.63, 3.8) is 0 Å². The number of carbonyl (C=O) groups excluding carboxylic acids is 2. The third kappa shape index (κ3) is 6.51. The van der Waals surface area contributed by atoms with E-state index in [0.717, 1.165) is 22.3 Å². The predicted octanol–water partition coefficient (Wildman–Crippen LogP) is 3.21. The Morgan fingerprint density at radius 1 is 1.09 bits per heavy atom. The number of carboxylic acid groups (broad SMARTS) is 1. The van der Waals surface area contributed by atoms with Gasteiger partial charge in [-0.2, -0.15) is 11.8 Å². The van der Waals surface area contributed by atoms with Crippen molar-refractivity contribution in [2.24, 2.45) is 0 Å². The molecule has 1 aliphatic carbocycles. The van der Waals surface area contributed by atoms with Gasteiger partial charge in [0, 0.05) is 31.9 Å². The lowest BCUT2D eigenvalue weighted by molar-refractivity contribution is -0.145. The van der Waals surface area contributed by atoms with Gasteiger partial charge in [0.25, 0.3) is 0 Å². The smallest absolute Gasteiger partial charge is 0.407 e. The van der Waals surface area contributed by atoms with Gasteiger partial charge in [0.15, 0.2) is 0 Å². The average molecular weight is 487 g/mol. The lowest BCUT2D eigenvalue weighted by Crippen LogP contribution is -2.41. The van der Waals surface area contributed by atoms with Crippen LogP contribution in [0.5, 0.6) is 0 Å². The highest BCUT2D eigenvalue weighted by Crippen LogP contribution is 2.44. The number of fused-ring (bicyclic) bond motifs is 3. The molecule has 0 aromatic heterocycles. The molecule has 0 saturated heterocycles. The predicted molar refractivity (Wildman–Crippen MR) is 131 cm³/mol. The van der Waals surface area contributed by atoms with E-state index in [9.17, 15) is 14.4 Å². The minimum Gasteiger partial charge on any atom is -0.480 e. The fraction of sp³-hybridized carbons (Fsp3) is 0.400. The molecule has 3 rings (SSSR count). The normalized spacial score (nSPS) is 13.0. The van der Waals surface area contributed by atoms with Crippen LogP contribution >= 0.6 is 11.8 Å². The van der Waals surface area contributed by atoms with E-state index in [0.29, 0.717) is 12.3 Å². The number of benzene rings is 2. The maximum atomic E-state index is 12.6. The van der Waals surface area contributed by atoms with Gasteiger partial charge in [-0.05, 0) is 28.5 Å². The zero-order chi connectivity index (χ0) is 24.5. The Labute approximate surface area is 203 Å². The van der Waals surface area contributed by atoms with Crippen molar-refractivity contribution < 1.29 is 29.0 Å². The number of carboxylic acids is 1. The topological polar surface area (TPSA) is 105 Å². The molecule has 1 atom stereocenters. The van der Waals surface area contributed by atoms with Crippen LogP contribution in [0.15, 0.2) is 48.5 Å². The fourth-order valence-corrected chi connectivity index (χ4v) is 4.47. The first-order valence-corrected chi connectivity index (χ1v) is 12.4. The van der Waals surface area contributed by atoms with Crippen LogP contribution in [0.2, 0.25) is 0 Å². The molecule has 1 aliphatic rings. The van der Waals surface area contributed by atoms with Crippen LogP contribution in [0.1, 0.15) is 23.5 Å². The number of methoxy groups -OCH3 is 1. The first-order chi connectivity index (χ1) is 16.4. The van der Waals surface area contributed by atoms with Gasteiger partial charge >= 0.3 is 12.1 Å². The molecule has 2 aromatic rings. The molecule has 2 N–H and O–H groups in total. The number of aliphatic carboxylic acids is 1. The summed E-state index contributed by atoms with van der Waals surface area (Å²) in [6.45, 7) is 0.234. The highest BCUT2D eigenvalue weighted by atomic mass is 32.2. The van der Waals surface area contributed by atoms with E-state index in [1.807, 2.05) is 42.7 Å². The second-order valence-electron chi connectivity index (χ2n) is 7.97. The van der Waals surface area contributed by atoms with E-state index in [1.54, 1.807) is 0 Å². The first-order valence-electron chi connectivity index (χ1n) is 11.0. The molecule has 1 unspecified atom stereocenters. The lowest BCUT2D eigenvalue weighted by atomic mass is 9.98. The summed E-state index contributed by atoms with van der Waals surface area (Å²) in [4.78, 5) is 37.3. The van der Waals surface area contributed by atoms with Crippen LogP contribution in [0.4, 0.5) is 4.79 Å². The van der Waals surface area contributed by atoms with Crippen LogP contribution in [-0.2, 0) is 19.1 Å². The van der Waals surface area contributed by atoms with E-state index in [1.165, 1.54) is 23.8 Å². The van der Waals surface area contributed by atoms with Crippen molar-refractivity contribution in [2.75, 3.05) is 45.4 Å². The molecule has 0 aliphatic heterocycles. The highest BCUT2D eigenvalue weighted by molar-refractivity contribution is 7.98. The molecular weight excluding hydrogens is 456 g/mol. The van der Waals surface area contributed by atoms with Crippen molar-refractivity contribution in [3.8, 4) is 11.1 Å². The molecular formula is C25H30N2O6S. The van der Waals surface area contributed by atoms with Gasteiger partial charge < -0.3 is 24.8 Å². The maximum Gasteiger partial charge on any atom is 0.407 e. The van der Waals surface area contributed by atoms with Gasteiger partial charge in [-0.1, -0.05) is 48.5 Å². The second kappa shape index (κ2) is 12.4. The summed E-state index contributed by atoms with van der Waals surface area (Å²) in [6.07, 6.45) is 0.654. The summed E-state index contributed by atoms with van der Waals surface area (Å²) >= 11 is 1.53. The number of hydrogen-bond donors (Lipinski definition) is 2. The van der Waals surface area contributed by atoms with Crippen LogP contribution in [0.25, 0.3) is 11.1 Å². The van der Waals surface area contributed by atoms with Crippen molar-refractivity contribution in [3.05, 3.63) is 59.7 Å². The quantitative estimate of drug-likeness (QED) is 0.475. The molecule has 0 saturated carbocycles. The lowest BCUT2D eigenvalue weighted by Gasteiger charge is -2.23. The Hall–Kier alpha value is -3.04. The van der Waals surface area contributed by atoms with Crippen LogP contribution in [0, 0.1) is 0 Å². The summed E-state index contributed by atoms with van der Waals surface area (Å²) in [5.41, 5.74) is 4.55. The molecule has 0 fully saturated rings. The summed E-state index contributed by atoms with van der Waals surface area (Å²) in [5.74, 6) is -0.814. The van der Waals surface area contributed by atoms with E-state index in [4.69, 9.17) is 14.6 Å². The third-order valence-electron chi connectivity index (χ3n) is 5.80. The summed E-state index contributed by atoms with van der Waals surface area (Å²) in [5, 5.41) is 11.7. The molecule has 182 valence electrons. The molecule has 0 spiro atoms. The van der Waals surface area contributed by atoms with Crippen molar-refractivity contribution >= 4 is 29.7 Å². The SMILES string of the molecule is COC(CNC(=O)OCC1c2ccccc2-c2ccccc21)CC(=O)N(CCSC)CC(=O)O. The molecule has 34 heavy (non-hydrogen) atoms. The van der Waals surface area contributed by atoms with E-state index in [2.05, 4.69) is 17.4 Å². The summed E-state index contributed by atoms with van der Waals surface area (Å²) in [7, 11) is 1.45. The Morgan fingerprint density at radius 2 is 1.71 bits per heavy atom. The van der Waals surface area contributed by atoms with E-state index in [-0.39, 0.29) is 37.9 Å². The molecule has 0 bridgehead atoms. The number of thioether (sulfide) groups is 1. The molecule has 2 aromatic carbocycles. The van der Waals surface area contributed by atoms with Crippen molar-refractivity contribution in [1.82, 2.24) is 10.2 Å². The number of carbonyl (C=O) groups is 3. The summed E-state index contributed by atoms with van der Waals surface area (Å²) < 4.78 is 10.8. The zero-order valence-corrected chi connectivity index (χ0v) is 20.2. The number of ether oxygens (including phenoxy) is 2. The Bertz CT molecular complexity index is 969. The monoisotopic (exact) mass is 486 g/mol. The van der Waals surface area contributed by atoms with Crippen LogP contribution in [-0.4, -0.2) is 79.4 Å². The molecule has 9 heteroatoms. The Morgan fingerprint density at radius 3 is 2.26 bits per heavy atom. The van der Waals surface area contributed by atoms with Crippen LogP contribution in [0.3, 0.4) is 0 Å². The van der Waals surface area contributed by atoms with Gasteiger partial charge in [-0.15, -0.1) is 0 Å². The number of amides is 2. The van der Waals surface area contributed by atoms with Crippen LogP contribution < -0.4 is 5.32 Å². The van der Waals surface area contributed by atoms with Gasteiger partial charge in [0.2, 0.25) is 5.91 Å². The van der Waals surface area contributed by atoms with E-state index < -0.39 is 18.2 Å². The van der Waals surface area contributed by atoms with Crippen molar-refractivity contribution in [2.45, 2.75) is 18.4 Å².